The van der Waals surface area contributed by atoms with E-state index >= 15 is 0 Å². The molecule has 3 N–H and O–H groups in total. The number of β-amino-alcohol motifs (C(OH)–C–C–N with tert-alkyl or cyclic N) is 1. The summed E-state index contributed by atoms with van der Waals surface area (Å²) in [6, 6.07) is 0. The van der Waals surface area contributed by atoms with Crippen LogP contribution in [0.5, 0.6) is 5.19 Å². The van der Waals surface area contributed by atoms with Crippen molar-refractivity contribution >= 4 is 17.2 Å². The summed E-state index contributed by atoms with van der Waals surface area (Å²) in [5.74, 6) is 0.575. The highest BCUT2D eigenvalue weighted by Gasteiger charge is 2.15. The molecule has 2 unspecified atom stereocenters. The number of rotatable bonds is 11. The van der Waals surface area contributed by atoms with Crippen molar-refractivity contribution in [2.45, 2.75) is 65.5 Å². The maximum Gasteiger partial charge on any atom is 0.273 e. The minimum Gasteiger partial charge on any atom is -0.467 e. The average molecular weight is 372 g/mol. The Bertz CT molecular complexity index is 514. The van der Waals surface area contributed by atoms with E-state index in [9.17, 15) is 9.90 Å². The van der Waals surface area contributed by atoms with Crippen molar-refractivity contribution < 1.29 is 14.6 Å². The molecule has 1 rings (SSSR count). The number of aromatic nitrogens is 1. The van der Waals surface area contributed by atoms with Crippen molar-refractivity contribution in [2.75, 3.05) is 19.7 Å². The number of carbonyl (C=O) groups is 1. The zero-order valence-electron chi connectivity index (χ0n) is 16.1. The van der Waals surface area contributed by atoms with Gasteiger partial charge in [-0.05, 0) is 39.5 Å². The number of carbonyl (C=O) groups excluding carboxylic acids is 1. The molecule has 1 aromatic rings. The van der Waals surface area contributed by atoms with Crippen LogP contribution >= 0.6 is 11.3 Å². The summed E-state index contributed by atoms with van der Waals surface area (Å²) in [6.07, 6.45) is 4.16. The Hall–Kier alpha value is -1.18. The molecule has 144 valence electrons. The lowest BCUT2D eigenvalue weighted by Crippen LogP contribution is -2.42. The van der Waals surface area contributed by atoms with Crippen LogP contribution in [0.3, 0.4) is 0 Å². The van der Waals surface area contributed by atoms with Gasteiger partial charge in [-0.15, -0.1) is 0 Å². The number of aliphatic hydroxyl groups excluding tert-OH is 1. The molecular formula is C18H33N3O3S. The van der Waals surface area contributed by atoms with Gasteiger partial charge >= 0.3 is 0 Å². The third kappa shape index (κ3) is 9.77. The third-order valence-corrected chi connectivity index (χ3v) is 4.74. The topological polar surface area (TPSA) is 83.5 Å². The maximum absolute atomic E-state index is 12.1. The normalized spacial score (nSPS) is 14.2. The Labute approximate surface area is 155 Å². The monoisotopic (exact) mass is 371 g/mol. The van der Waals surface area contributed by atoms with Crippen molar-refractivity contribution in [1.29, 1.82) is 0 Å². The summed E-state index contributed by atoms with van der Waals surface area (Å²) < 4.78 is 5.47. The van der Waals surface area contributed by atoms with E-state index in [1.54, 1.807) is 0 Å². The summed E-state index contributed by atoms with van der Waals surface area (Å²) in [7, 11) is 0. The van der Waals surface area contributed by atoms with Crippen LogP contribution in [0.4, 0.5) is 0 Å². The highest BCUT2D eigenvalue weighted by atomic mass is 32.1. The fourth-order valence-electron chi connectivity index (χ4n) is 2.02. The zero-order chi connectivity index (χ0) is 18.9. The van der Waals surface area contributed by atoms with Crippen molar-refractivity contribution in [3.8, 4) is 5.19 Å². The van der Waals surface area contributed by atoms with E-state index in [0.717, 1.165) is 12.8 Å². The van der Waals surface area contributed by atoms with Crippen molar-refractivity contribution in [3.05, 3.63) is 11.1 Å². The summed E-state index contributed by atoms with van der Waals surface area (Å²) in [6.45, 7) is 11.8. The number of hydrogen-bond donors (Lipinski definition) is 3. The van der Waals surface area contributed by atoms with E-state index in [1.807, 2.05) is 20.8 Å². The van der Waals surface area contributed by atoms with E-state index in [4.69, 9.17) is 4.74 Å². The van der Waals surface area contributed by atoms with Crippen molar-refractivity contribution in [2.24, 2.45) is 5.92 Å². The molecule has 0 spiro atoms. The molecule has 6 nitrogen and oxygen atoms in total. The molecule has 0 aromatic carbocycles. The number of thiazole rings is 1. The van der Waals surface area contributed by atoms with Gasteiger partial charge in [-0.1, -0.05) is 31.6 Å². The number of amides is 1. The quantitative estimate of drug-likeness (QED) is 0.521. The van der Waals surface area contributed by atoms with Gasteiger partial charge in [0.05, 0.1) is 6.20 Å². The SMILES string of the molecule is CCC(C)CCCNC(=O)c1cnc(OCC(O)CNC(C)(C)C)s1. The Morgan fingerprint density at radius 1 is 1.44 bits per heavy atom. The van der Waals surface area contributed by atoms with Gasteiger partial charge in [0.25, 0.3) is 11.1 Å². The summed E-state index contributed by atoms with van der Waals surface area (Å²) in [5, 5.41) is 16.4. The van der Waals surface area contributed by atoms with E-state index in [1.165, 1.54) is 24.0 Å². The number of aliphatic hydroxyl groups is 1. The van der Waals surface area contributed by atoms with Gasteiger partial charge in [0.2, 0.25) is 0 Å². The van der Waals surface area contributed by atoms with Crippen LogP contribution in [0.25, 0.3) is 0 Å². The fraction of sp³-hybridized carbons (Fsp3) is 0.778. The molecule has 1 amide bonds. The summed E-state index contributed by atoms with van der Waals surface area (Å²) in [4.78, 5) is 16.7. The third-order valence-electron chi connectivity index (χ3n) is 3.83. The predicted molar refractivity (Wildman–Crippen MR) is 102 cm³/mol. The smallest absolute Gasteiger partial charge is 0.273 e. The lowest BCUT2D eigenvalue weighted by Gasteiger charge is -2.22. The van der Waals surface area contributed by atoms with E-state index < -0.39 is 6.10 Å². The molecule has 0 aliphatic carbocycles. The molecule has 7 heteroatoms. The van der Waals surface area contributed by atoms with Crippen LogP contribution in [0.2, 0.25) is 0 Å². The Balaban J connectivity index is 2.29. The lowest BCUT2D eigenvalue weighted by atomic mass is 10.0. The summed E-state index contributed by atoms with van der Waals surface area (Å²) >= 11 is 1.20. The molecule has 25 heavy (non-hydrogen) atoms. The molecule has 2 atom stereocenters. The molecule has 0 aliphatic heterocycles. The van der Waals surface area contributed by atoms with Gasteiger partial charge in [0, 0.05) is 18.6 Å². The van der Waals surface area contributed by atoms with Gasteiger partial charge in [-0.3, -0.25) is 4.79 Å². The Morgan fingerprint density at radius 2 is 2.16 bits per heavy atom. The standard InChI is InChI=1S/C18H33N3O3S/c1-6-13(2)8-7-9-19-16(23)15-11-20-17(25-15)24-12-14(22)10-21-18(3,4)5/h11,13-14,21-22H,6-10,12H2,1-5H3,(H,19,23). The number of nitrogens with one attached hydrogen (secondary N) is 2. The second-order valence-corrected chi connectivity index (χ2v) is 8.49. The second-order valence-electron chi connectivity index (χ2n) is 7.50. The predicted octanol–water partition coefficient (Wildman–Crippen LogP) is 2.83. The lowest BCUT2D eigenvalue weighted by molar-refractivity contribution is 0.0956. The second kappa shape index (κ2) is 10.7. The van der Waals surface area contributed by atoms with Crippen LogP contribution in [0, 0.1) is 5.92 Å². The molecule has 1 heterocycles. The van der Waals surface area contributed by atoms with Gasteiger partial charge in [0.1, 0.15) is 17.6 Å². The fourth-order valence-corrected chi connectivity index (χ4v) is 2.71. The molecular weight excluding hydrogens is 338 g/mol. The molecule has 0 aliphatic rings. The number of ether oxygens (including phenoxy) is 1. The molecule has 0 fully saturated rings. The molecule has 0 saturated carbocycles. The van der Waals surface area contributed by atoms with Crippen molar-refractivity contribution in [3.63, 3.8) is 0 Å². The van der Waals surface area contributed by atoms with E-state index in [2.05, 4.69) is 29.5 Å². The molecule has 1 aromatic heterocycles. The largest absolute Gasteiger partial charge is 0.467 e. The minimum atomic E-state index is -0.624. The number of nitrogens with zero attached hydrogens (tertiary/aromatic N) is 1. The highest BCUT2D eigenvalue weighted by Crippen LogP contribution is 2.20. The number of hydrogen-bond acceptors (Lipinski definition) is 6. The van der Waals surface area contributed by atoms with Gasteiger partial charge in [0.15, 0.2) is 0 Å². The van der Waals surface area contributed by atoms with Crippen LogP contribution in [0.15, 0.2) is 6.20 Å². The van der Waals surface area contributed by atoms with Gasteiger partial charge in [-0.25, -0.2) is 4.98 Å². The van der Waals surface area contributed by atoms with Crippen LogP contribution in [0.1, 0.15) is 63.6 Å². The molecule has 0 bridgehead atoms. The zero-order valence-corrected chi connectivity index (χ0v) is 16.9. The average Bonchev–Trinajstić information content (AvgIpc) is 3.03. The molecule has 0 saturated heterocycles. The minimum absolute atomic E-state index is 0.0532. The first-order valence-corrected chi connectivity index (χ1v) is 9.82. The highest BCUT2D eigenvalue weighted by molar-refractivity contribution is 7.15. The van der Waals surface area contributed by atoms with Crippen LogP contribution in [-0.4, -0.2) is 47.3 Å². The first-order chi connectivity index (χ1) is 11.7. The van der Waals surface area contributed by atoms with Crippen molar-refractivity contribution in [1.82, 2.24) is 15.6 Å². The first kappa shape index (κ1) is 21.9. The van der Waals surface area contributed by atoms with Crippen LogP contribution < -0.4 is 15.4 Å². The Morgan fingerprint density at radius 3 is 2.80 bits per heavy atom. The van der Waals surface area contributed by atoms with Crippen LogP contribution in [-0.2, 0) is 0 Å². The Kier molecular flexibility index (Phi) is 9.38. The van der Waals surface area contributed by atoms with E-state index in [-0.39, 0.29) is 18.1 Å². The van der Waals surface area contributed by atoms with E-state index in [0.29, 0.717) is 29.1 Å². The first-order valence-electron chi connectivity index (χ1n) is 9.01. The van der Waals surface area contributed by atoms with Gasteiger partial charge < -0.3 is 20.5 Å². The maximum atomic E-state index is 12.1. The summed E-state index contributed by atoms with van der Waals surface area (Å²) in [5.41, 5.74) is -0.0532. The van der Waals surface area contributed by atoms with Gasteiger partial charge in [-0.2, -0.15) is 0 Å². The molecule has 0 radical (unpaired) electrons.